The fourth-order valence-electron chi connectivity index (χ4n) is 2.65. The maximum absolute atomic E-state index is 6.00. The molecule has 0 unspecified atom stereocenters. The van der Waals surface area contributed by atoms with Gasteiger partial charge in [0.1, 0.15) is 5.84 Å². The molecule has 3 nitrogen and oxygen atoms in total. The average Bonchev–Trinajstić information content (AvgIpc) is 3.20. The molecule has 0 atom stereocenters. The number of aliphatic imine (C=N–C) groups is 1. The van der Waals surface area contributed by atoms with Crippen LogP contribution in [0.25, 0.3) is 0 Å². The summed E-state index contributed by atoms with van der Waals surface area (Å²) in [5, 5.41) is 2.01. The quantitative estimate of drug-likeness (QED) is 0.679. The van der Waals surface area contributed by atoms with Gasteiger partial charge in [0.25, 0.3) is 0 Å². The maximum Gasteiger partial charge on any atom is 0.141 e. The summed E-state index contributed by atoms with van der Waals surface area (Å²) in [7, 11) is 0. The minimum Gasteiger partial charge on any atom is -0.383 e. The van der Waals surface area contributed by atoms with Gasteiger partial charge in [0.15, 0.2) is 0 Å². The topological polar surface area (TPSA) is 41.6 Å². The van der Waals surface area contributed by atoms with Gasteiger partial charge in [-0.05, 0) is 61.5 Å². The van der Waals surface area contributed by atoms with Crippen LogP contribution in [0.5, 0.6) is 0 Å². The van der Waals surface area contributed by atoms with Gasteiger partial charge in [0.05, 0.1) is 10.6 Å². The lowest BCUT2D eigenvalue weighted by molar-refractivity contribution is 0.343. The van der Waals surface area contributed by atoms with Gasteiger partial charge in [-0.2, -0.15) is 0 Å². The summed E-state index contributed by atoms with van der Waals surface area (Å²) in [6.07, 6.45) is 3.83. The molecule has 0 spiro atoms. The molecule has 1 fully saturated rings. The van der Waals surface area contributed by atoms with Crippen LogP contribution in [0.15, 0.2) is 46.8 Å². The van der Waals surface area contributed by atoms with E-state index >= 15 is 0 Å². The average molecular weight is 299 g/mol. The third-order valence-electron chi connectivity index (χ3n) is 3.87. The lowest BCUT2D eigenvalue weighted by Gasteiger charge is -2.14. The van der Waals surface area contributed by atoms with E-state index in [1.807, 2.05) is 17.5 Å². The van der Waals surface area contributed by atoms with Crippen molar-refractivity contribution in [2.24, 2.45) is 10.7 Å². The summed E-state index contributed by atoms with van der Waals surface area (Å²) in [5.41, 5.74) is 8.30. The summed E-state index contributed by atoms with van der Waals surface area (Å²) in [6.45, 7) is 3.69. The van der Waals surface area contributed by atoms with Gasteiger partial charge >= 0.3 is 0 Å². The lowest BCUT2D eigenvalue weighted by Crippen LogP contribution is -2.21. The second-order valence-electron chi connectivity index (χ2n) is 5.44. The highest BCUT2D eigenvalue weighted by molar-refractivity contribution is 7.12. The molecular formula is C17H21N3S. The van der Waals surface area contributed by atoms with Crippen molar-refractivity contribution in [2.75, 3.05) is 19.6 Å². The highest BCUT2D eigenvalue weighted by Gasteiger charge is 2.10. The molecule has 0 saturated carbocycles. The second kappa shape index (κ2) is 6.87. The third kappa shape index (κ3) is 3.93. The smallest absolute Gasteiger partial charge is 0.141 e. The van der Waals surface area contributed by atoms with Crippen molar-refractivity contribution >= 4 is 22.9 Å². The minimum atomic E-state index is 0.592. The van der Waals surface area contributed by atoms with Crippen LogP contribution in [-0.4, -0.2) is 30.4 Å². The molecule has 2 N–H and O–H groups in total. The van der Waals surface area contributed by atoms with Crippen molar-refractivity contribution in [2.45, 2.75) is 19.3 Å². The SMILES string of the molecule is NC(=Nc1ccc(CCN2CCCC2)cc1)c1cccs1. The van der Waals surface area contributed by atoms with Crippen molar-refractivity contribution in [1.29, 1.82) is 0 Å². The standard InChI is InChI=1S/C17H21N3S/c18-17(16-4-3-13-21-16)19-15-7-5-14(6-8-15)9-12-20-10-1-2-11-20/h3-8,13H,1-2,9-12H2,(H2,18,19). The number of benzene rings is 1. The first-order chi connectivity index (χ1) is 10.3. The first kappa shape index (κ1) is 14.3. The van der Waals surface area contributed by atoms with Gasteiger partial charge in [0.2, 0.25) is 0 Å². The minimum absolute atomic E-state index is 0.592. The molecule has 0 aliphatic carbocycles. The summed E-state index contributed by atoms with van der Waals surface area (Å²) < 4.78 is 0. The van der Waals surface area contributed by atoms with E-state index in [0.717, 1.165) is 17.0 Å². The Morgan fingerprint density at radius 3 is 2.57 bits per heavy atom. The molecule has 1 aliphatic rings. The Morgan fingerprint density at radius 1 is 1.14 bits per heavy atom. The van der Waals surface area contributed by atoms with E-state index in [4.69, 9.17) is 5.73 Å². The van der Waals surface area contributed by atoms with Gasteiger partial charge in [-0.25, -0.2) is 4.99 Å². The van der Waals surface area contributed by atoms with Crippen LogP contribution in [0.2, 0.25) is 0 Å². The number of amidine groups is 1. The molecule has 1 aliphatic heterocycles. The molecule has 0 bridgehead atoms. The van der Waals surface area contributed by atoms with E-state index in [2.05, 4.69) is 34.2 Å². The largest absolute Gasteiger partial charge is 0.383 e. The zero-order chi connectivity index (χ0) is 14.5. The lowest BCUT2D eigenvalue weighted by atomic mass is 10.1. The summed E-state index contributed by atoms with van der Waals surface area (Å²) in [6, 6.07) is 12.4. The molecule has 4 heteroatoms. The Balaban J connectivity index is 1.59. The van der Waals surface area contributed by atoms with Crippen LogP contribution in [0.3, 0.4) is 0 Å². The number of likely N-dealkylation sites (tertiary alicyclic amines) is 1. The van der Waals surface area contributed by atoms with Gasteiger partial charge < -0.3 is 10.6 Å². The number of rotatable bonds is 5. The number of hydrogen-bond acceptors (Lipinski definition) is 3. The number of hydrogen-bond donors (Lipinski definition) is 1. The van der Waals surface area contributed by atoms with Crippen molar-refractivity contribution in [3.05, 3.63) is 52.2 Å². The van der Waals surface area contributed by atoms with Gasteiger partial charge in [-0.15, -0.1) is 11.3 Å². The normalized spacial score (nSPS) is 16.5. The van der Waals surface area contributed by atoms with E-state index in [-0.39, 0.29) is 0 Å². The fourth-order valence-corrected chi connectivity index (χ4v) is 3.28. The number of nitrogens with two attached hydrogens (primary N) is 1. The van der Waals surface area contributed by atoms with Crippen molar-refractivity contribution < 1.29 is 0 Å². The van der Waals surface area contributed by atoms with Crippen LogP contribution >= 0.6 is 11.3 Å². The van der Waals surface area contributed by atoms with Crippen LogP contribution in [0, 0.1) is 0 Å². The molecule has 2 aromatic rings. The Bertz CT molecular complexity index is 581. The van der Waals surface area contributed by atoms with Crippen LogP contribution in [-0.2, 0) is 6.42 Å². The zero-order valence-electron chi connectivity index (χ0n) is 12.2. The molecule has 1 aromatic carbocycles. The molecular weight excluding hydrogens is 278 g/mol. The predicted octanol–water partition coefficient (Wildman–Crippen LogP) is 3.42. The van der Waals surface area contributed by atoms with Crippen molar-refractivity contribution in [1.82, 2.24) is 4.90 Å². The van der Waals surface area contributed by atoms with Crippen LogP contribution < -0.4 is 5.73 Å². The molecule has 1 aromatic heterocycles. The molecule has 3 rings (SSSR count). The summed E-state index contributed by atoms with van der Waals surface area (Å²) in [5.74, 6) is 0.592. The van der Waals surface area contributed by atoms with Crippen molar-refractivity contribution in [3.8, 4) is 0 Å². The first-order valence-electron chi connectivity index (χ1n) is 7.50. The van der Waals surface area contributed by atoms with Gasteiger partial charge in [-0.3, -0.25) is 0 Å². The first-order valence-corrected chi connectivity index (χ1v) is 8.38. The van der Waals surface area contributed by atoms with E-state index in [1.165, 1.54) is 38.0 Å². The number of nitrogens with zero attached hydrogens (tertiary/aromatic N) is 2. The van der Waals surface area contributed by atoms with E-state index < -0.39 is 0 Å². The van der Waals surface area contributed by atoms with Gasteiger partial charge in [-0.1, -0.05) is 18.2 Å². The third-order valence-corrected chi connectivity index (χ3v) is 4.77. The molecule has 21 heavy (non-hydrogen) atoms. The Labute approximate surface area is 130 Å². The Morgan fingerprint density at radius 2 is 1.90 bits per heavy atom. The van der Waals surface area contributed by atoms with Crippen LogP contribution in [0.4, 0.5) is 5.69 Å². The highest BCUT2D eigenvalue weighted by atomic mass is 32.1. The molecule has 110 valence electrons. The molecule has 0 radical (unpaired) electrons. The van der Waals surface area contributed by atoms with Gasteiger partial charge in [0, 0.05) is 6.54 Å². The highest BCUT2D eigenvalue weighted by Crippen LogP contribution is 2.17. The van der Waals surface area contributed by atoms with Crippen LogP contribution in [0.1, 0.15) is 23.3 Å². The Hall–Kier alpha value is -1.65. The zero-order valence-corrected chi connectivity index (χ0v) is 13.0. The summed E-state index contributed by atoms with van der Waals surface area (Å²) in [4.78, 5) is 8.04. The summed E-state index contributed by atoms with van der Waals surface area (Å²) >= 11 is 1.61. The Kier molecular flexibility index (Phi) is 4.68. The molecule has 0 amide bonds. The maximum atomic E-state index is 6.00. The van der Waals surface area contributed by atoms with E-state index in [0.29, 0.717) is 5.84 Å². The predicted molar refractivity (Wildman–Crippen MR) is 90.5 cm³/mol. The van der Waals surface area contributed by atoms with Crippen molar-refractivity contribution in [3.63, 3.8) is 0 Å². The monoisotopic (exact) mass is 299 g/mol. The fraction of sp³-hybridized carbons (Fsp3) is 0.353. The van der Waals surface area contributed by atoms with E-state index in [9.17, 15) is 0 Å². The number of thiophene rings is 1. The molecule has 2 heterocycles. The molecule has 1 saturated heterocycles. The van der Waals surface area contributed by atoms with E-state index in [1.54, 1.807) is 11.3 Å². The second-order valence-corrected chi connectivity index (χ2v) is 6.39.